The van der Waals surface area contributed by atoms with Crippen molar-refractivity contribution < 1.29 is 0 Å². The largest absolute Gasteiger partial charge is 0.380 e. The Hall–Kier alpha value is -1.96. The van der Waals surface area contributed by atoms with E-state index in [9.17, 15) is 0 Å². The van der Waals surface area contributed by atoms with Crippen molar-refractivity contribution in [3.05, 3.63) is 60.2 Å². The summed E-state index contributed by atoms with van der Waals surface area (Å²) in [5.74, 6) is 0. The minimum atomic E-state index is -0.0628. The van der Waals surface area contributed by atoms with Gasteiger partial charge in [-0.15, -0.1) is 0 Å². The second-order valence-electron chi connectivity index (χ2n) is 6.55. The predicted octanol–water partition coefficient (Wildman–Crippen LogP) is 4.61. The predicted molar refractivity (Wildman–Crippen MR) is 86.2 cm³/mol. The Morgan fingerprint density at radius 1 is 0.900 bits per heavy atom. The zero-order valence-corrected chi connectivity index (χ0v) is 12.4. The third-order valence-corrected chi connectivity index (χ3v) is 3.98. The molecular weight excluding hydrogens is 244 g/mol. The lowest BCUT2D eigenvalue weighted by atomic mass is 9.76. The molecule has 1 atom stereocenters. The average Bonchev–Trinajstić information content (AvgIpc) is 2.38. The maximum absolute atomic E-state index is 3.73. The molecule has 2 N–H and O–H groups in total. The van der Waals surface area contributed by atoms with Crippen LogP contribution in [-0.2, 0) is 5.54 Å². The van der Waals surface area contributed by atoms with Gasteiger partial charge in [-0.3, -0.25) is 0 Å². The lowest BCUT2D eigenvalue weighted by molar-refractivity contribution is 0.365. The quantitative estimate of drug-likeness (QED) is 0.829. The smallest absolute Gasteiger partial charge is 0.0639 e. The number of para-hydroxylation sites is 2. The maximum atomic E-state index is 3.73. The summed E-state index contributed by atoms with van der Waals surface area (Å²) < 4.78 is 0. The van der Waals surface area contributed by atoms with Gasteiger partial charge in [0.25, 0.3) is 0 Å². The molecule has 0 fully saturated rings. The van der Waals surface area contributed by atoms with Gasteiger partial charge < -0.3 is 10.6 Å². The molecule has 0 spiro atoms. The van der Waals surface area contributed by atoms with E-state index < -0.39 is 0 Å². The summed E-state index contributed by atoms with van der Waals surface area (Å²) in [5, 5.41) is 7.37. The summed E-state index contributed by atoms with van der Waals surface area (Å²) in [6.45, 7) is 6.81. The molecule has 1 aliphatic rings. The molecule has 0 radical (unpaired) electrons. The van der Waals surface area contributed by atoms with Gasteiger partial charge in [-0.05, 0) is 45.4 Å². The fourth-order valence-corrected chi connectivity index (χ4v) is 3.41. The van der Waals surface area contributed by atoms with E-state index in [1.165, 1.54) is 16.9 Å². The van der Waals surface area contributed by atoms with Crippen molar-refractivity contribution in [3.8, 4) is 0 Å². The van der Waals surface area contributed by atoms with Crippen LogP contribution in [0, 0.1) is 0 Å². The highest BCUT2D eigenvalue weighted by atomic mass is 15.1. The summed E-state index contributed by atoms with van der Waals surface area (Å²) in [6.07, 6.45) is 1.03. The molecule has 0 saturated heterocycles. The molecule has 2 aromatic rings. The number of benzene rings is 2. The topological polar surface area (TPSA) is 24.1 Å². The lowest BCUT2D eigenvalue weighted by Crippen LogP contribution is -2.48. The Labute approximate surface area is 121 Å². The molecule has 2 nitrogen and oxygen atoms in total. The van der Waals surface area contributed by atoms with E-state index in [-0.39, 0.29) is 11.1 Å². The monoisotopic (exact) mass is 266 g/mol. The summed E-state index contributed by atoms with van der Waals surface area (Å²) in [4.78, 5) is 0. The van der Waals surface area contributed by atoms with Crippen molar-refractivity contribution in [3.63, 3.8) is 0 Å². The molecule has 20 heavy (non-hydrogen) atoms. The molecule has 0 aromatic heterocycles. The average molecular weight is 266 g/mol. The molecule has 0 bridgehead atoms. The van der Waals surface area contributed by atoms with Crippen LogP contribution in [0.3, 0.4) is 0 Å². The van der Waals surface area contributed by atoms with Gasteiger partial charge >= 0.3 is 0 Å². The second kappa shape index (κ2) is 4.55. The highest BCUT2D eigenvalue weighted by Crippen LogP contribution is 2.43. The molecule has 1 aliphatic heterocycles. The van der Waals surface area contributed by atoms with Gasteiger partial charge in [0.2, 0.25) is 0 Å². The Morgan fingerprint density at radius 2 is 1.55 bits per heavy atom. The van der Waals surface area contributed by atoms with Crippen molar-refractivity contribution in [1.29, 1.82) is 0 Å². The van der Waals surface area contributed by atoms with Gasteiger partial charge in [0.05, 0.1) is 5.54 Å². The van der Waals surface area contributed by atoms with Crippen LogP contribution in [-0.4, -0.2) is 5.54 Å². The van der Waals surface area contributed by atoms with E-state index in [1.807, 2.05) is 6.07 Å². The Kier molecular flexibility index (Phi) is 2.97. The molecule has 0 saturated carbocycles. The molecule has 2 heteroatoms. The summed E-state index contributed by atoms with van der Waals surface area (Å²) >= 11 is 0. The van der Waals surface area contributed by atoms with Crippen molar-refractivity contribution in [2.24, 2.45) is 0 Å². The zero-order valence-electron chi connectivity index (χ0n) is 12.4. The molecule has 3 rings (SSSR count). The first-order valence-corrected chi connectivity index (χ1v) is 7.20. The number of rotatable bonds is 2. The van der Waals surface area contributed by atoms with Crippen LogP contribution in [0.1, 0.15) is 32.8 Å². The normalized spacial score (nSPS) is 23.6. The van der Waals surface area contributed by atoms with Crippen LogP contribution in [0.25, 0.3) is 0 Å². The summed E-state index contributed by atoms with van der Waals surface area (Å²) in [5.41, 5.74) is 3.75. The number of hydrogen-bond acceptors (Lipinski definition) is 2. The highest BCUT2D eigenvalue weighted by molar-refractivity contribution is 5.62. The zero-order chi connectivity index (χ0) is 14.2. The van der Waals surface area contributed by atoms with Crippen LogP contribution >= 0.6 is 0 Å². The molecule has 0 amide bonds. The first-order chi connectivity index (χ1) is 9.49. The molecule has 1 unspecified atom stereocenters. The van der Waals surface area contributed by atoms with E-state index in [4.69, 9.17) is 0 Å². The van der Waals surface area contributed by atoms with E-state index >= 15 is 0 Å². The van der Waals surface area contributed by atoms with Crippen LogP contribution in [0.5, 0.6) is 0 Å². The maximum Gasteiger partial charge on any atom is 0.0639 e. The van der Waals surface area contributed by atoms with Crippen molar-refractivity contribution in [2.45, 2.75) is 38.3 Å². The minimum absolute atomic E-state index is 0.0628. The third kappa shape index (κ3) is 2.38. The standard InChI is InChI=1S/C18H22N2/c1-17(2)13-18(3,19-14-9-5-4-6-10-14)15-11-7-8-12-16(15)20-17/h4-12,19-20H,13H2,1-3H3. The fourth-order valence-electron chi connectivity index (χ4n) is 3.41. The first kappa shape index (κ1) is 13.0. The molecule has 2 aromatic carbocycles. The number of anilines is 2. The van der Waals surface area contributed by atoms with Crippen molar-refractivity contribution >= 4 is 11.4 Å². The van der Waals surface area contributed by atoms with Gasteiger partial charge in [0.15, 0.2) is 0 Å². The van der Waals surface area contributed by atoms with E-state index in [2.05, 4.69) is 79.9 Å². The van der Waals surface area contributed by atoms with E-state index in [0.29, 0.717) is 0 Å². The van der Waals surface area contributed by atoms with Crippen molar-refractivity contribution in [2.75, 3.05) is 10.6 Å². The highest BCUT2D eigenvalue weighted by Gasteiger charge is 2.39. The van der Waals surface area contributed by atoms with Gasteiger partial charge in [-0.1, -0.05) is 36.4 Å². The van der Waals surface area contributed by atoms with Crippen LogP contribution in [0.15, 0.2) is 54.6 Å². The minimum Gasteiger partial charge on any atom is -0.380 e. The first-order valence-electron chi connectivity index (χ1n) is 7.20. The Morgan fingerprint density at radius 3 is 2.30 bits per heavy atom. The van der Waals surface area contributed by atoms with Crippen LogP contribution in [0.2, 0.25) is 0 Å². The molecule has 0 aliphatic carbocycles. The van der Waals surface area contributed by atoms with Crippen molar-refractivity contribution in [1.82, 2.24) is 0 Å². The molecule has 1 heterocycles. The van der Waals surface area contributed by atoms with E-state index in [0.717, 1.165) is 6.42 Å². The fraction of sp³-hybridized carbons (Fsp3) is 0.333. The summed E-state index contributed by atoms with van der Waals surface area (Å²) in [6, 6.07) is 19.0. The van der Waals surface area contributed by atoms with Gasteiger partial charge in [-0.2, -0.15) is 0 Å². The Bertz CT molecular complexity index is 604. The SMILES string of the molecule is CC1(C)CC(C)(Nc2ccccc2)c2ccccc2N1. The van der Waals surface area contributed by atoms with E-state index in [1.54, 1.807) is 0 Å². The molecular formula is C18H22N2. The third-order valence-electron chi connectivity index (χ3n) is 3.98. The number of nitrogens with one attached hydrogen (secondary N) is 2. The Balaban J connectivity index is 2.03. The lowest BCUT2D eigenvalue weighted by Gasteiger charge is -2.46. The van der Waals surface area contributed by atoms with Gasteiger partial charge in [-0.25, -0.2) is 0 Å². The molecule has 104 valence electrons. The van der Waals surface area contributed by atoms with Gasteiger partial charge in [0.1, 0.15) is 0 Å². The summed E-state index contributed by atoms with van der Waals surface area (Å²) in [7, 11) is 0. The van der Waals surface area contributed by atoms with Gasteiger partial charge in [0, 0.05) is 22.5 Å². The van der Waals surface area contributed by atoms with Crippen LogP contribution < -0.4 is 10.6 Å². The second-order valence-corrected chi connectivity index (χ2v) is 6.55. The van der Waals surface area contributed by atoms with Crippen LogP contribution in [0.4, 0.5) is 11.4 Å². The number of hydrogen-bond donors (Lipinski definition) is 2. The number of fused-ring (bicyclic) bond motifs is 1.